The van der Waals surface area contributed by atoms with Crippen LogP contribution in [-0.4, -0.2) is 31.7 Å². The maximum Gasteiger partial charge on any atom is 0.225 e. The van der Waals surface area contributed by atoms with Crippen LogP contribution in [0.15, 0.2) is 22.7 Å². The lowest BCUT2D eigenvalue weighted by molar-refractivity contribution is -0.116. The van der Waals surface area contributed by atoms with Gasteiger partial charge in [0.15, 0.2) is 0 Å². The van der Waals surface area contributed by atoms with E-state index in [1.807, 2.05) is 25.1 Å². The maximum absolute atomic E-state index is 11.9. The second-order valence-electron chi connectivity index (χ2n) is 5.13. The monoisotopic (exact) mass is 340 g/mol. The molecule has 1 fully saturated rings. The van der Waals surface area contributed by atoms with Gasteiger partial charge in [-0.15, -0.1) is 0 Å². The van der Waals surface area contributed by atoms with Crippen LogP contribution < -0.4 is 10.6 Å². The summed E-state index contributed by atoms with van der Waals surface area (Å²) in [7, 11) is 0. The van der Waals surface area contributed by atoms with Gasteiger partial charge >= 0.3 is 0 Å². The third kappa shape index (κ3) is 4.89. The van der Waals surface area contributed by atoms with Gasteiger partial charge in [-0.05, 0) is 43.5 Å². The largest absolute Gasteiger partial charge is 0.380 e. The van der Waals surface area contributed by atoms with E-state index >= 15 is 0 Å². The van der Waals surface area contributed by atoms with Crippen LogP contribution in [0, 0.1) is 6.92 Å². The van der Waals surface area contributed by atoms with Crippen LogP contribution in [0.5, 0.6) is 0 Å². The third-order valence-electron chi connectivity index (χ3n) is 3.41. The Morgan fingerprint density at radius 3 is 3.05 bits per heavy atom. The van der Waals surface area contributed by atoms with Crippen LogP contribution in [0.1, 0.15) is 24.8 Å². The number of carbonyl (C=O) groups excluding carboxylic acids is 1. The fourth-order valence-electron chi connectivity index (χ4n) is 2.27. The van der Waals surface area contributed by atoms with E-state index in [9.17, 15) is 4.79 Å². The van der Waals surface area contributed by atoms with Gasteiger partial charge in [0.1, 0.15) is 0 Å². The highest BCUT2D eigenvalue weighted by Crippen LogP contribution is 2.20. The van der Waals surface area contributed by atoms with Gasteiger partial charge in [0.2, 0.25) is 5.91 Å². The number of hydrogen-bond acceptors (Lipinski definition) is 3. The summed E-state index contributed by atoms with van der Waals surface area (Å²) in [5.41, 5.74) is 1.93. The summed E-state index contributed by atoms with van der Waals surface area (Å²) in [6.07, 6.45) is 2.71. The van der Waals surface area contributed by atoms with Crippen LogP contribution in [0.4, 0.5) is 5.69 Å². The van der Waals surface area contributed by atoms with E-state index in [0.717, 1.165) is 41.8 Å². The minimum atomic E-state index is 0.0413. The van der Waals surface area contributed by atoms with Crippen LogP contribution in [0.3, 0.4) is 0 Å². The molecular weight excluding hydrogens is 320 g/mol. The standard InChI is InChI=1S/C15H21BrN2O2/c1-11-9-12(16)4-5-14(11)18-15(19)6-7-17-13-3-2-8-20-10-13/h4-5,9,13,17H,2-3,6-8,10H2,1H3,(H,18,19)/t13-/m1/s1. The quantitative estimate of drug-likeness (QED) is 0.866. The zero-order valence-corrected chi connectivity index (χ0v) is 13.3. The molecule has 2 rings (SSSR count). The number of carbonyl (C=O) groups is 1. The molecule has 1 aromatic rings. The molecule has 0 radical (unpaired) electrons. The summed E-state index contributed by atoms with van der Waals surface area (Å²) in [4.78, 5) is 11.9. The van der Waals surface area contributed by atoms with Crippen molar-refractivity contribution in [2.24, 2.45) is 0 Å². The van der Waals surface area contributed by atoms with Crippen molar-refractivity contribution in [3.63, 3.8) is 0 Å². The first-order valence-corrected chi connectivity index (χ1v) is 7.81. The second kappa shape index (κ2) is 7.76. The lowest BCUT2D eigenvalue weighted by Crippen LogP contribution is -2.38. The lowest BCUT2D eigenvalue weighted by Gasteiger charge is -2.23. The van der Waals surface area contributed by atoms with Gasteiger partial charge in [-0.3, -0.25) is 4.79 Å². The molecule has 0 aliphatic carbocycles. The van der Waals surface area contributed by atoms with Gasteiger partial charge in [-0.1, -0.05) is 15.9 Å². The second-order valence-corrected chi connectivity index (χ2v) is 6.04. The smallest absolute Gasteiger partial charge is 0.225 e. The van der Waals surface area contributed by atoms with E-state index in [1.165, 1.54) is 0 Å². The number of ether oxygens (including phenoxy) is 1. The van der Waals surface area contributed by atoms with Gasteiger partial charge in [0.25, 0.3) is 0 Å². The zero-order chi connectivity index (χ0) is 14.4. The summed E-state index contributed by atoms with van der Waals surface area (Å²) in [5.74, 6) is 0.0413. The number of anilines is 1. The molecule has 0 aromatic heterocycles. The first-order chi connectivity index (χ1) is 9.65. The Morgan fingerprint density at radius 1 is 1.50 bits per heavy atom. The molecule has 1 saturated heterocycles. The molecule has 0 unspecified atom stereocenters. The van der Waals surface area contributed by atoms with Gasteiger partial charge in [-0.25, -0.2) is 0 Å². The van der Waals surface area contributed by atoms with Gasteiger partial charge < -0.3 is 15.4 Å². The number of halogens is 1. The average molecular weight is 341 g/mol. The predicted octanol–water partition coefficient (Wildman–Crippen LogP) is 2.85. The third-order valence-corrected chi connectivity index (χ3v) is 3.90. The molecule has 0 saturated carbocycles. The molecular formula is C15H21BrN2O2. The van der Waals surface area contributed by atoms with Crippen molar-refractivity contribution in [2.75, 3.05) is 25.1 Å². The topological polar surface area (TPSA) is 50.4 Å². The number of rotatable bonds is 5. The minimum Gasteiger partial charge on any atom is -0.380 e. The van der Waals surface area contributed by atoms with Crippen molar-refractivity contribution in [3.05, 3.63) is 28.2 Å². The molecule has 2 N–H and O–H groups in total. The van der Waals surface area contributed by atoms with Gasteiger partial charge in [0, 0.05) is 35.8 Å². The van der Waals surface area contributed by atoms with E-state index in [4.69, 9.17) is 4.74 Å². The Bertz CT molecular complexity index is 459. The molecule has 0 bridgehead atoms. The van der Waals surface area contributed by atoms with Crippen LogP contribution in [0.25, 0.3) is 0 Å². The van der Waals surface area contributed by atoms with Crippen molar-refractivity contribution < 1.29 is 9.53 Å². The van der Waals surface area contributed by atoms with Gasteiger partial charge in [0.05, 0.1) is 6.61 Å². The first-order valence-electron chi connectivity index (χ1n) is 7.02. The highest BCUT2D eigenvalue weighted by Gasteiger charge is 2.13. The molecule has 1 aromatic carbocycles. The van der Waals surface area contributed by atoms with E-state index in [-0.39, 0.29) is 5.91 Å². The molecule has 1 aliphatic heterocycles. The summed E-state index contributed by atoms with van der Waals surface area (Å²) in [6.45, 7) is 4.29. The van der Waals surface area contributed by atoms with Crippen LogP contribution in [-0.2, 0) is 9.53 Å². The molecule has 20 heavy (non-hydrogen) atoms. The molecule has 4 nitrogen and oxygen atoms in total. The number of amides is 1. The Balaban J connectivity index is 1.72. The molecule has 1 heterocycles. The number of hydrogen-bond donors (Lipinski definition) is 2. The molecule has 1 atom stereocenters. The Hall–Kier alpha value is -0.910. The maximum atomic E-state index is 11.9. The van der Waals surface area contributed by atoms with E-state index < -0.39 is 0 Å². The van der Waals surface area contributed by atoms with Crippen molar-refractivity contribution in [2.45, 2.75) is 32.2 Å². The summed E-state index contributed by atoms with van der Waals surface area (Å²) in [5, 5.41) is 6.31. The number of nitrogens with one attached hydrogen (secondary N) is 2. The molecule has 0 spiro atoms. The predicted molar refractivity (Wildman–Crippen MR) is 84.0 cm³/mol. The number of aryl methyl sites for hydroxylation is 1. The number of benzene rings is 1. The van der Waals surface area contributed by atoms with Crippen molar-refractivity contribution >= 4 is 27.5 Å². The Morgan fingerprint density at radius 2 is 2.35 bits per heavy atom. The normalized spacial score (nSPS) is 18.8. The van der Waals surface area contributed by atoms with Crippen LogP contribution in [0.2, 0.25) is 0 Å². The van der Waals surface area contributed by atoms with Crippen molar-refractivity contribution in [1.29, 1.82) is 0 Å². The van der Waals surface area contributed by atoms with Gasteiger partial charge in [-0.2, -0.15) is 0 Å². The Labute approximate surface area is 128 Å². The molecule has 1 amide bonds. The summed E-state index contributed by atoms with van der Waals surface area (Å²) in [6, 6.07) is 6.23. The highest BCUT2D eigenvalue weighted by molar-refractivity contribution is 9.10. The molecule has 110 valence electrons. The lowest BCUT2D eigenvalue weighted by atomic mass is 10.1. The zero-order valence-electron chi connectivity index (χ0n) is 11.7. The SMILES string of the molecule is Cc1cc(Br)ccc1NC(=O)CCN[C@@H]1CCCOC1. The van der Waals surface area contributed by atoms with E-state index in [0.29, 0.717) is 19.0 Å². The summed E-state index contributed by atoms with van der Waals surface area (Å²) < 4.78 is 6.42. The average Bonchev–Trinajstić information content (AvgIpc) is 2.43. The highest BCUT2D eigenvalue weighted by atomic mass is 79.9. The minimum absolute atomic E-state index is 0.0413. The fraction of sp³-hybridized carbons (Fsp3) is 0.533. The van der Waals surface area contributed by atoms with Crippen LogP contribution >= 0.6 is 15.9 Å². The van der Waals surface area contributed by atoms with E-state index in [2.05, 4.69) is 26.6 Å². The molecule has 5 heteroatoms. The fourth-order valence-corrected chi connectivity index (χ4v) is 2.75. The Kier molecular flexibility index (Phi) is 6.01. The molecule has 1 aliphatic rings. The van der Waals surface area contributed by atoms with E-state index in [1.54, 1.807) is 0 Å². The van der Waals surface area contributed by atoms with Crippen molar-refractivity contribution in [1.82, 2.24) is 5.32 Å². The van der Waals surface area contributed by atoms with Crippen molar-refractivity contribution in [3.8, 4) is 0 Å². The first kappa shape index (κ1) is 15.5. The summed E-state index contributed by atoms with van der Waals surface area (Å²) >= 11 is 3.41.